The molecule has 0 radical (unpaired) electrons. The first-order valence-corrected chi connectivity index (χ1v) is 10.3. The minimum atomic E-state index is -4.49. The van der Waals surface area contributed by atoms with Crippen molar-refractivity contribution in [2.45, 2.75) is 12.8 Å². The predicted octanol–water partition coefficient (Wildman–Crippen LogP) is 6.05. The molecule has 0 N–H and O–H groups in total. The standard InChI is InChI=1S/C26H20F3NO4/c1-32-24(31)16-34-19-10-8-17(9-11-19)15-33-20-5-2-4-18(14-20)21-12-13-30-25-22(21)6-3-7-23(25)26(27,28)29/h2-14H,15-16H2,1H3. The summed E-state index contributed by atoms with van der Waals surface area (Å²) in [5.74, 6) is 0.628. The van der Waals surface area contributed by atoms with Gasteiger partial charge in [-0.05, 0) is 53.1 Å². The minimum Gasteiger partial charge on any atom is -0.489 e. The van der Waals surface area contributed by atoms with Crippen LogP contribution in [0.5, 0.6) is 11.5 Å². The van der Waals surface area contributed by atoms with Crippen molar-refractivity contribution >= 4 is 16.9 Å². The van der Waals surface area contributed by atoms with E-state index >= 15 is 0 Å². The van der Waals surface area contributed by atoms with Crippen molar-refractivity contribution in [3.63, 3.8) is 0 Å². The van der Waals surface area contributed by atoms with Gasteiger partial charge in [0.15, 0.2) is 6.61 Å². The lowest BCUT2D eigenvalue weighted by Crippen LogP contribution is -2.12. The van der Waals surface area contributed by atoms with Gasteiger partial charge < -0.3 is 14.2 Å². The zero-order chi connectivity index (χ0) is 24.1. The van der Waals surface area contributed by atoms with Crippen molar-refractivity contribution in [2.75, 3.05) is 13.7 Å². The summed E-state index contributed by atoms with van der Waals surface area (Å²) in [5.41, 5.74) is 1.37. The van der Waals surface area contributed by atoms with Gasteiger partial charge in [-0.15, -0.1) is 0 Å². The average molecular weight is 467 g/mol. The molecular weight excluding hydrogens is 447 g/mol. The number of methoxy groups -OCH3 is 1. The van der Waals surface area contributed by atoms with E-state index in [1.54, 1.807) is 42.5 Å². The molecule has 4 aromatic rings. The molecule has 0 aliphatic carbocycles. The number of pyridine rings is 1. The van der Waals surface area contributed by atoms with Gasteiger partial charge in [0, 0.05) is 11.6 Å². The maximum atomic E-state index is 13.4. The number of halogens is 3. The fraction of sp³-hybridized carbons (Fsp3) is 0.154. The van der Waals surface area contributed by atoms with Crippen LogP contribution in [0.4, 0.5) is 13.2 Å². The summed E-state index contributed by atoms with van der Waals surface area (Å²) >= 11 is 0. The molecule has 0 unspecified atom stereocenters. The van der Waals surface area contributed by atoms with Gasteiger partial charge in [-0.3, -0.25) is 4.98 Å². The number of fused-ring (bicyclic) bond motifs is 1. The molecule has 0 spiro atoms. The van der Waals surface area contributed by atoms with Gasteiger partial charge in [0.2, 0.25) is 0 Å². The second kappa shape index (κ2) is 9.82. The molecule has 174 valence electrons. The Labute approximate surface area is 193 Å². The Bertz CT molecular complexity index is 1300. The van der Waals surface area contributed by atoms with Gasteiger partial charge in [0.05, 0.1) is 18.2 Å². The molecule has 0 saturated heterocycles. The highest BCUT2D eigenvalue weighted by Gasteiger charge is 2.33. The van der Waals surface area contributed by atoms with E-state index in [1.165, 1.54) is 19.4 Å². The maximum Gasteiger partial charge on any atom is 0.418 e. The van der Waals surface area contributed by atoms with E-state index in [0.717, 1.165) is 17.2 Å². The van der Waals surface area contributed by atoms with E-state index in [0.29, 0.717) is 22.4 Å². The molecule has 0 aliphatic heterocycles. The number of carbonyl (C=O) groups excluding carboxylic acids is 1. The number of nitrogens with zero attached hydrogens (tertiary/aromatic N) is 1. The van der Waals surface area contributed by atoms with Gasteiger partial charge in [-0.2, -0.15) is 13.2 Å². The second-order valence-corrected chi connectivity index (χ2v) is 7.38. The fourth-order valence-corrected chi connectivity index (χ4v) is 3.46. The van der Waals surface area contributed by atoms with Gasteiger partial charge in [0.25, 0.3) is 0 Å². The third-order valence-corrected chi connectivity index (χ3v) is 5.13. The Morgan fingerprint density at radius 2 is 1.68 bits per heavy atom. The maximum absolute atomic E-state index is 13.4. The van der Waals surface area contributed by atoms with Gasteiger partial charge >= 0.3 is 12.1 Å². The van der Waals surface area contributed by atoms with Crippen LogP contribution in [-0.4, -0.2) is 24.7 Å². The number of para-hydroxylation sites is 1. The molecule has 0 bridgehead atoms. The van der Waals surface area contributed by atoms with E-state index in [-0.39, 0.29) is 18.7 Å². The number of hydrogen-bond acceptors (Lipinski definition) is 5. The van der Waals surface area contributed by atoms with E-state index in [4.69, 9.17) is 9.47 Å². The molecule has 1 aromatic heterocycles. The summed E-state index contributed by atoms with van der Waals surface area (Å²) in [5, 5.41) is 0.414. The van der Waals surface area contributed by atoms with Gasteiger partial charge in [-0.25, -0.2) is 4.79 Å². The summed E-state index contributed by atoms with van der Waals surface area (Å²) in [6, 6.07) is 20.0. The molecule has 1 heterocycles. The Morgan fingerprint density at radius 3 is 2.41 bits per heavy atom. The van der Waals surface area contributed by atoms with Crippen LogP contribution in [0.25, 0.3) is 22.0 Å². The smallest absolute Gasteiger partial charge is 0.418 e. The highest BCUT2D eigenvalue weighted by Crippen LogP contribution is 2.37. The highest BCUT2D eigenvalue weighted by atomic mass is 19.4. The second-order valence-electron chi connectivity index (χ2n) is 7.38. The average Bonchev–Trinajstić information content (AvgIpc) is 2.85. The zero-order valence-electron chi connectivity index (χ0n) is 18.1. The number of ether oxygens (including phenoxy) is 3. The van der Waals surface area contributed by atoms with Crippen molar-refractivity contribution in [1.29, 1.82) is 0 Å². The van der Waals surface area contributed by atoms with Crippen LogP contribution < -0.4 is 9.47 Å². The van der Waals surface area contributed by atoms with Crippen molar-refractivity contribution in [1.82, 2.24) is 4.98 Å². The lowest BCUT2D eigenvalue weighted by Gasteiger charge is -2.13. The van der Waals surface area contributed by atoms with Crippen LogP contribution in [0, 0.1) is 0 Å². The summed E-state index contributed by atoms with van der Waals surface area (Å²) in [6.45, 7) is 0.101. The quantitative estimate of drug-likeness (QED) is 0.310. The van der Waals surface area contributed by atoms with Crippen molar-refractivity contribution < 1.29 is 32.2 Å². The van der Waals surface area contributed by atoms with E-state index in [1.807, 2.05) is 18.2 Å². The highest BCUT2D eigenvalue weighted by molar-refractivity contribution is 5.96. The summed E-state index contributed by atoms with van der Waals surface area (Å²) < 4.78 is 56.0. The lowest BCUT2D eigenvalue weighted by molar-refractivity contribution is -0.143. The number of alkyl halides is 3. The van der Waals surface area contributed by atoms with Crippen molar-refractivity contribution in [2.24, 2.45) is 0 Å². The molecule has 0 fully saturated rings. The molecule has 5 nitrogen and oxygen atoms in total. The number of rotatable bonds is 7. The first-order chi connectivity index (χ1) is 16.3. The Kier molecular flexibility index (Phi) is 6.67. The Balaban J connectivity index is 1.51. The van der Waals surface area contributed by atoms with E-state index in [2.05, 4.69) is 9.72 Å². The van der Waals surface area contributed by atoms with Crippen LogP contribution in [0.15, 0.2) is 79.0 Å². The zero-order valence-corrected chi connectivity index (χ0v) is 18.1. The number of esters is 1. The Morgan fingerprint density at radius 1 is 0.912 bits per heavy atom. The monoisotopic (exact) mass is 467 g/mol. The number of benzene rings is 3. The Hall–Kier alpha value is -4.07. The van der Waals surface area contributed by atoms with Crippen molar-refractivity contribution in [3.05, 3.63) is 90.1 Å². The lowest BCUT2D eigenvalue weighted by atomic mass is 9.99. The van der Waals surface area contributed by atoms with Gasteiger partial charge in [-0.1, -0.05) is 36.4 Å². The molecule has 0 aliphatic rings. The number of aromatic nitrogens is 1. The van der Waals surface area contributed by atoms with Crippen molar-refractivity contribution in [3.8, 4) is 22.6 Å². The molecule has 3 aromatic carbocycles. The minimum absolute atomic E-state index is 0.0895. The third-order valence-electron chi connectivity index (χ3n) is 5.13. The third kappa shape index (κ3) is 5.28. The number of carbonyl (C=O) groups is 1. The topological polar surface area (TPSA) is 57.7 Å². The molecule has 0 amide bonds. The fourth-order valence-electron chi connectivity index (χ4n) is 3.46. The largest absolute Gasteiger partial charge is 0.489 e. The van der Waals surface area contributed by atoms with Crippen LogP contribution in [0.3, 0.4) is 0 Å². The SMILES string of the molecule is COC(=O)COc1ccc(COc2cccc(-c3ccnc4c(C(F)(F)F)cccc34)c2)cc1. The van der Waals surface area contributed by atoms with Crippen LogP contribution >= 0.6 is 0 Å². The van der Waals surface area contributed by atoms with E-state index < -0.39 is 17.7 Å². The summed E-state index contributed by atoms with van der Waals surface area (Å²) in [6.07, 6.45) is -3.11. The predicted molar refractivity (Wildman–Crippen MR) is 120 cm³/mol. The number of hydrogen-bond donors (Lipinski definition) is 0. The molecule has 0 atom stereocenters. The van der Waals surface area contributed by atoms with Gasteiger partial charge in [0.1, 0.15) is 18.1 Å². The molecular formula is C26H20F3NO4. The van der Waals surface area contributed by atoms with Crippen LogP contribution in [-0.2, 0) is 22.3 Å². The van der Waals surface area contributed by atoms with E-state index in [9.17, 15) is 18.0 Å². The first kappa shape index (κ1) is 23.1. The molecule has 34 heavy (non-hydrogen) atoms. The summed E-state index contributed by atoms with van der Waals surface area (Å²) in [7, 11) is 1.29. The normalized spacial score (nSPS) is 11.3. The molecule has 4 rings (SSSR count). The summed E-state index contributed by atoms with van der Waals surface area (Å²) in [4.78, 5) is 15.1. The van der Waals surface area contributed by atoms with Crippen LogP contribution in [0.2, 0.25) is 0 Å². The molecule has 8 heteroatoms. The van der Waals surface area contributed by atoms with Crippen LogP contribution in [0.1, 0.15) is 11.1 Å². The molecule has 0 saturated carbocycles. The first-order valence-electron chi connectivity index (χ1n) is 10.3.